The molecule has 0 bridgehead atoms. The Morgan fingerprint density at radius 3 is 2.27 bits per heavy atom. The lowest BCUT2D eigenvalue weighted by Gasteiger charge is -1.96. The molecule has 1 heteroatoms. The molecule has 0 rings (SSSR count). The van der Waals surface area contributed by atoms with Crippen LogP contribution in [-0.2, 0) is 0 Å². The molecule has 0 fully saturated rings. The highest BCUT2D eigenvalue weighted by atomic mass is 35.5. The molecule has 0 saturated carbocycles. The maximum absolute atomic E-state index is 5.55. The summed E-state index contributed by atoms with van der Waals surface area (Å²) in [4.78, 5) is 0. The van der Waals surface area contributed by atoms with Crippen LogP contribution in [-0.4, -0.2) is 5.88 Å². The number of hydrogen-bond donors (Lipinski definition) is 0. The van der Waals surface area contributed by atoms with Gasteiger partial charge in [-0.2, -0.15) is 0 Å². The van der Waals surface area contributed by atoms with Crippen LogP contribution >= 0.6 is 11.6 Å². The van der Waals surface area contributed by atoms with E-state index in [0.29, 0.717) is 5.88 Å². The molecule has 0 unspecified atom stereocenters. The van der Waals surface area contributed by atoms with Crippen LogP contribution in [0.4, 0.5) is 0 Å². The molecule has 11 heavy (non-hydrogen) atoms. The third-order valence-electron chi connectivity index (χ3n) is 1.52. The van der Waals surface area contributed by atoms with Crippen molar-refractivity contribution in [3.05, 3.63) is 23.3 Å². The van der Waals surface area contributed by atoms with Crippen molar-refractivity contribution in [1.29, 1.82) is 0 Å². The van der Waals surface area contributed by atoms with Crippen LogP contribution in [0.5, 0.6) is 0 Å². The second kappa shape index (κ2) is 6.48. The van der Waals surface area contributed by atoms with E-state index in [-0.39, 0.29) is 0 Å². The van der Waals surface area contributed by atoms with Crippen LogP contribution in [0.25, 0.3) is 0 Å². The van der Waals surface area contributed by atoms with Crippen molar-refractivity contribution in [1.82, 2.24) is 0 Å². The first-order chi connectivity index (χ1) is 5.16. The predicted molar refractivity (Wildman–Crippen MR) is 53.1 cm³/mol. The van der Waals surface area contributed by atoms with Crippen molar-refractivity contribution in [3.8, 4) is 0 Å². The van der Waals surface area contributed by atoms with E-state index in [1.165, 1.54) is 11.1 Å². The molecular formula is C10H17Cl. The number of halogens is 1. The molecule has 0 heterocycles. The summed E-state index contributed by atoms with van der Waals surface area (Å²) in [6, 6.07) is 0. The predicted octanol–water partition coefficient (Wildman–Crippen LogP) is 3.92. The molecule has 0 amide bonds. The van der Waals surface area contributed by atoms with Crippen LogP contribution in [0.1, 0.15) is 33.6 Å². The minimum Gasteiger partial charge on any atom is -0.122 e. The van der Waals surface area contributed by atoms with Gasteiger partial charge < -0.3 is 0 Å². The Hall–Kier alpha value is -0.230. The van der Waals surface area contributed by atoms with Crippen LogP contribution in [0.3, 0.4) is 0 Å². The topological polar surface area (TPSA) is 0 Å². The van der Waals surface area contributed by atoms with Crippen molar-refractivity contribution in [2.45, 2.75) is 33.6 Å². The third-order valence-corrected chi connectivity index (χ3v) is 1.67. The Bertz CT molecular complexity index is 150. The molecule has 0 spiro atoms. The molecule has 0 aromatic rings. The second-order valence-electron chi connectivity index (χ2n) is 3.02. The van der Waals surface area contributed by atoms with Gasteiger partial charge in [0.25, 0.3) is 0 Å². The Labute approximate surface area is 74.9 Å². The summed E-state index contributed by atoms with van der Waals surface area (Å²) in [7, 11) is 0. The third kappa shape index (κ3) is 7.67. The van der Waals surface area contributed by atoms with Gasteiger partial charge >= 0.3 is 0 Å². The zero-order valence-corrected chi connectivity index (χ0v) is 8.41. The highest BCUT2D eigenvalue weighted by molar-refractivity contribution is 6.18. The molecule has 0 aliphatic rings. The molecule has 0 aromatic carbocycles. The van der Waals surface area contributed by atoms with Crippen molar-refractivity contribution < 1.29 is 0 Å². The fourth-order valence-electron chi connectivity index (χ4n) is 0.822. The standard InChI is InChI=1S/C10H17Cl/c1-9(2)5-4-6-10(3)7-8-11/h5,7H,4,6,8H2,1-3H3/b10-7+. The summed E-state index contributed by atoms with van der Waals surface area (Å²) < 4.78 is 0. The van der Waals surface area contributed by atoms with Gasteiger partial charge in [-0.3, -0.25) is 0 Å². The molecule has 64 valence electrons. The van der Waals surface area contributed by atoms with E-state index in [9.17, 15) is 0 Å². The summed E-state index contributed by atoms with van der Waals surface area (Å²) in [5.74, 6) is 0.640. The molecule has 0 aromatic heterocycles. The van der Waals surface area contributed by atoms with E-state index in [0.717, 1.165) is 12.8 Å². The first-order valence-corrected chi connectivity index (χ1v) is 4.55. The van der Waals surface area contributed by atoms with Gasteiger partial charge in [-0.25, -0.2) is 0 Å². The maximum Gasteiger partial charge on any atom is 0.0406 e. The lowest BCUT2D eigenvalue weighted by molar-refractivity contribution is 0.964. The van der Waals surface area contributed by atoms with E-state index < -0.39 is 0 Å². The summed E-state index contributed by atoms with van der Waals surface area (Å²) in [5.41, 5.74) is 2.78. The maximum atomic E-state index is 5.55. The van der Waals surface area contributed by atoms with Gasteiger partial charge in [0, 0.05) is 5.88 Å². The van der Waals surface area contributed by atoms with E-state index in [2.05, 4.69) is 32.9 Å². The normalized spacial score (nSPS) is 11.5. The van der Waals surface area contributed by atoms with E-state index in [1.54, 1.807) is 0 Å². The summed E-state index contributed by atoms with van der Waals surface area (Å²) in [5, 5.41) is 0. The monoisotopic (exact) mass is 172 g/mol. The van der Waals surface area contributed by atoms with Gasteiger partial charge in [0.05, 0.1) is 0 Å². The fourth-order valence-corrected chi connectivity index (χ4v) is 1.09. The molecule has 0 aliphatic heterocycles. The summed E-state index contributed by atoms with van der Waals surface area (Å²) in [6.07, 6.45) is 6.60. The number of alkyl halides is 1. The van der Waals surface area contributed by atoms with E-state index >= 15 is 0 Å². The number of hydrogen-bond acceptors (Lipinski definition) is 0. The largest absolute Gasteiger partial charge is 0.122 e. The van der Waals surface area contributed by atoms with Gasteiger partial charge in [0.2, 0.25) is 0 Å². The Morgan fingerprint density at radius 2 is 1.82 bits per heavy atom. The van der Waals surface area contributed by atoms with Gasteiger partial charge in [0.1, 0.15) is 0 Å². The molecule has 0 N–H and O–H groups in total. The van der Waals surface area contributed by atoms with Gasteiger partial charge in [-0.05, 0) is 33.6 Å². The minimum atomic E-state index is 0.640. The van der Waals surface area contributed by atoms with Crippen LogP contribution < -0.4 is 0 Å². The van der Waals surface area contributed by atoms with Crippen molar-refractivity contribution in [3.63, 3.8) is 0 Å². The van der Waals surface area contributed by atoms with Crippen LogP contribution in [0.2, 0.25) is 0 Å². The molecule has 0 radical (unpaired) electrons. The van der Waals surface area contributed by atoms with Gasteiger partial charge in [-0.1, -0.05) is 23.3 Å². The first kappa shape index (κ1) is 10.8. The number of rotatable bonds is 4. The second-order valence-corrected chi connectivity index (χ2v) is 3.33. The Kier molecular flexibility index (Phi) is 6.34. The van der Waals surface area contributed by atoms with E-state index in [4.69, 9.17) is 11.6 Å². The quantitative estimate of drug-likeness (QED) is 0.446. The van der Waals surface area contributed by atoms with Crippen molar-refractivity contribution in [2.75, 3.05) is 5.88 Å². The lowest BCUT2D eigenvalue weighted by Crippen LogP contribution is -1.77. The van der Waals surface area contributed by atoms with Gasteiger partial charge in [0.15, 0.2) is 0 Å². The SMILES string of the molecule is CC(C)=CCC/C(C)=C/CCl. The molecular weight excluding hydrogens is 156 g/mol. The lowest BCUT2D eigenvalue weighted by atomic mass is 10.1. The van der Waals surface area contributed by atoms with Crippen LogP contribution in [0.15, 0.2) is 23.3 Å². The minimum absolute atomic E-state index is 0.640. The highest BCUT2D eigenvalue weighted by Crippen LogP contribution is 2.06. The summed E-state index contributed by atoms with van der Waals surface area (Å²) in [6.45, 7) is 6.38. The Morgan fingerprint density at radius 1 is 1.18 bits per heavy atom. The van der Waals surface area contributed by atoms with Crippen molar-refractivity contribution >= 4 is 11.6 Å². The zero-order chi connectivity index (χ0) is 8.69. The molecule has 0 atom stereocenters. The van der Waals surface area contributed by atoms with Crippen LogP contribution in [0, 0.1) is 0 Å². The molecule has 0 aliphatic carbocycles. The average Bonchev–Trinajstić information content (AvgIpc) is 1.87. The molecule has 0 nitrogen and oxygen atoms in total. The summed E-state index contributed by atoms with van der Waals surface area (Å²) >= 11 is 5.55. The zero-order valence-electron chi connectivity index (χ0n) is 7.65. The Balaban J connectivity index is 3.54. The van der Waals surface area contributed by atoms with Crippen molar-refractivity contribution in [2.24, 2.45) is 0 Å². The fraction of sp³-hybridized carbons (Fsp3) is 0.600. The average molecular weight is 173 g/mol. The molecule has 0 saturated heterocycles. The van der Waals surface area contributed by atoms with E-state index in [1.807, 2.05) is 0 Å². The smallest absolute Gasteiger partial charge is 0.0406 e. The first-order valence-electron chi connectivity index (χ1n) is 4.01. The number of allylic oxidation sites excluding steroid dienone is 4. The van der Waals surface area contributed by atoms with Gasteiger partial charge in [-0.15, -0.1) is 11.6 Å². The highest BCUT2D eigenvalue weighted by Gasteiger charge is 1.86.